The Morgan fingerprint density at radius 1 is 0.565 bits per heavy atom. The molecule has 62 heavy (non-hydrogen) atoms. The molecule has 4 aromatic carbocycles. The highest BCUT2D eigenvalue weighted by Crippen LogP contribution is 2.58. The number of carbonyl (C=O) groups excluding carboxylic acids is 3. The molecular weight excluding hydrogens is 815 g/mol. The third-order valence-electron chi connectivity index (χ3n) is 12.4. The van der Waals surface area contributed by atoms with Crippen molar-refractivity contribution in [2.24, 2.45) is 22.7 Å². The van der Waals surface area contributed by atoms with E-state index in [1.165, 1.54) is 0 Å². The van der Waals surface area contributed by atoms with E-state index in [0.717, 1.165) is 22.3 Å². The van der Waals surface area contributed by atoms with Gasteiger partial charge in [-0.3, -0.25) is 14.4 Å². The number of rotatable bonds is 14. The van der Waals surface area contributed by atoms with Crippen LogP contribution in [0.4, 0.5) is 0 Å². The Kier molecular flexibility index (Phi) is 12.7. The Labute approximate surface area is 371 Å². The van der Waals surface area contributed by atoms with Gasteiger partial charge in [-0.1, -0.05) is 145 Å². The lowest BCUT2D eigenvalue weighted by atomic mass is 9.51. The first kappa shape index (κ1) is 42.6. The third-order valence-corrected chi connectivity index (χ3v) is 12.9. The number of aliphatic hydroxyl groups is 2. The molecule has 0 bridgehead atoms. The van der Waals surface area contributed by atoms with Crippen molar-refractivity contribution < 1.29 is 24.6 Å². The molecule has 4 N–H and O–H groups in total. The fourth-order valence-electron chi connectivity index (χ4n) is 9.45. The van der Waals surface area contributed by atoms with Crippen LogP contribution in [-0.4, -0.2) is 40.8 Å². The first-order valence-electron chi connectivity index (χ1n) is 20.8. The summed E-state index contributed by atoms with van der Waals surface area (Å²) >= 11 is 12.8. The van der Waals surface area contributed by atoms with Gasteiger partial charge in [0.25, 0.3) is 0 Å². The third kappa shape index (κ3) is 8.17. The van der Waals surface area contributed by atoms with Gasteiger partial charge in [-0.15, -0.1) is 0 Å². The largest absolute Gasteiger partial charge is 0.396 e. The number of allylic oxidation sites excluding steroid dienone is 12. The van der Waals surface area contributed by atoms with E-state index >= 15 is 4.79 Å². The smallest absolute Gasteiger partial charge is 0.193 e. The van der Waals surface area contributed by atoms with E-state index in [2.05, 4.69) is 10.6 Å². The molecule has 9 heteroatoms. The van der Waals surface area contributed by atoms with Crippen LogP contribution < -0.4 is 10.6 Å². The van der Waals surface area contributed by atoms with Crippen LogP contribution in [0.2, 0.25) is 10.0 Å². The average molecular weight is 862 g/mol. The highest BCUT2D eigenvalue weighted by Gasteiger charge is 2.58. The highest BCUT2D eigenvalue weighted by atomic mass is 35.5. The molecule has 7 nitrogen and oxygen atoms in total. The van der Waals surface area contributed by atoms with Crippen molar-refractivity contribution in [3.63, 3.8) is 0 Å². The van der Waals surface area contributed by atoms with Crippen molar-refractivity contribution in [2.75, 3.05) is 13.2 Å². The van der Waals surface area contributed by atoms with Crippen LogP contribution in [-0.2, 0) is 4.79 Å². The Hall–Kier alpha value is -6.09. The Balaban J connectivity index is 1.43. The molecule has 4 unspecified atom stereocenters. The van der Waals surface area contributed by atoms with Crippen molar-refractivity contribution in [3.05, 3.63) is 225 Å². The number of aliphatic hydroxyl groups excluding tert-OH is 2. The van der Waals surface area contributed by atoms with Crippen molar-refractivity contribution >= 4 is 51.7 Å². The van der Waals surface area contributed by atoms with Gasteiger partial charge < -0.3 is 20.8 Å². The van der Waals surface area contributed by atoms with Gasteiger partial charge in [0.05, 0.1) is 10.8 Å². The number of Topliss-reactive ketones (excluding diaryl/α,β-unsaturated/α-hetero) is 3. The lowest BCUT2D eigenvalue weighted by Crippen LogP contribution is -2.52. The summed E-state index contributed by atoms with van der Waals surface area (Å²) in [5.41, 5.74) is 2.75. The van der Waals surface area contributed by atoms with E-state index in [1.807, 2.05) is 85.5 Å². The minimum Gasteiger partial charge on any atom is -0.396 e. The molecule has 4 atom stereocenters. The Morgan fingerprint density at radius 3 is 1.29 bits per heavy atom. The van der Waals surface area contributed by atoms with Gasteiger partial charge in [0, 0.05) is 69.8 Å². The molecule has 0 saturated carbocycles. The van der Waals surface area contributed by atoms with Gasteiger partial charge in [0.15, 0.2) is 17.3 Å². The predicted octanol–water partition coefficient (Wildman–Crippen LogP) is 10.4. The molecule has 4 aromatic rings. The zero-order valence-corrected chi connectivity index (χ0v) is 35.5. The number of ketones is 3. The van der Waals surface area contributed by atoms with Crippen LogP contribution in [0.3, 0.4) is 0 Å². The number of carbonyl (C=O) groups is 3. The maximum absolute atomic E-state index is 16.9. The summed E-state index contributed by atoms with van der Waals surface area (Å²) in [4.78, 5) is 46.9. The first-order valence-corrected chi connectivity index (χ1v) is 21.5. The number of hydrogen-bond acceptors (Lipinski definition) is 7. The number of dihydropyridines is 2. The summed E-state index contributed by atoms with van der Waals surface area (Å²) < 4.78 is 0. The SMILES string of the molecule is O=C(C1=CC(CCO)(C(=O)C2(CCO)C=C(C(=O)c3ccccc3)C(c3ccc(Cl)cc3)=CC2C2=CNC=CC2)C(C2=CNC=CC2)C=C1c1ccc(Cl)cc1)c1ccccc1. The number of nitrogens with one attached hydrogen (secondary N) is 2. The summed E-state index contributed by atoms with van der Waals surface area (Å²) in [5.74, 6) is -2.29. The van der Waals surface area contributed by atoms with Crippen LogP contribution in [0.15, 0.2) is 193 Å². The van der Waals surface area contributed by atoms with Crippen LogP contribution in [0.5, 0.6) is 0 Å². The van der Waals surface area contributed by atoms with E-state index in [0.29, 0.717) is 56.3 Å². The first-order chi connectivity index (χ1) is 30.2. The number of halogens is 2. The second-order valence-corrected chi connectivity index (χ2v) is 16.9. The van der Waals surface area contributed by atoms with Gasteiger partial charge in [-0.2, -0.15) is 0 Å². The zero-order valence-electron chi connectivity index (χ0n) is 33.9. The van der Waals surface area contributed by atoms with Crippen LogP contribution >= 0.6 is 23.2 Å². The molecule has 0 fully saturated rings. The summed E-state index contributed by atoms with van der Waals surface area (Å²) in [7, 11) is 0. The highest BCUT2D eigenvalue weighted by molar-refractivity contribution is 6.31. The molecule has 0 amide bonds. The fourth-order valence-corrected chi connectivity index (χ4v) is 9.70. The Morgan fingerprint density at radius 2 is 0.952 bits per heavy atom. The van der Waals surface area contributed by atoms with Crippen LogP contribution in [0.1, 0.15) is 57.5 Å². The lowest BCUT2D eigenvalue weighted by Gasteiger charge is -2.50. The summed E-state index contributed by atoms with van der Waals surface area (Å²) in [6.45, 7) is -0.797. The standard InChI is InChI=1S/C53H46Cl2N2O5/c54-41-19-15-35(16-20-41)43-29-47(39-13-7-25-56-33-39)52(23-27-58,31-45(43)49(60)37-9-3-1-4-10-37)51(62)53(24-28-59)32-46(50(61)38-11-5-2-6-12-38)44(36-17-21-42(55)22-18-36)30-48(53)40-14-8-26-57-34-40/h1-12,15-22,25-26,29-34,47-48,56-59H,13-14,23-24,27-28H2. The minimum absolute atomic E-state index is 0.0613. The van der Waals surface area contributed by atoms with Crippen LogP contribution in [0, 0.1) is 22.7 Å². The second kappa shape index (κ2) is 18.5. The zero-order chi connectivity index (χ0) is 43.3. The molecule has 8 rings (SSSR count). The van der Waals surface area contributed by atoms with E-state index in [9.17, 15) is 19.8 Å². The maximum atomic E-state index is 16.9. The molecule has 0 radical (unpaired) electrons. The van der Waals surface area contributed by atoms with Gasteiger partial charge in [-0.25, -0.2) is 0 Å². The number of hydrogen-bond donors (Lipinski definition) is 4. The molecule has 0 aromatic heterocycles. The molecule has 2 heterocycles. The monoisotopic (exact) mass is 860 g/mol. The summed E-state index contributed by atoms with van der Waals surface area (Å²) in [5, 5.41) is 29.9. The van der Waals surface area contributed by atoms with Crippen molar-refractivity contribution in [1.29, 1.82) is 0 Å². The van der Waals surface area contributed by atoms with Crippen LogP contribution in [0.25, 0.3) is 11.1 Å². The van der Waals surface area contributed by atoms with Crippen molar-refractivity contribution in [1.82, 2.24) is 10.6 Å². The van der Waals surface area contributed by atoms with E-state index in [4.69, 9.17) is 23.2 Å². The molecule has 312 valence electrons. The summed E-state index contributed by atoms with van der Waals surface area (Å²) in [6.07, 6.45) is 19.8. The van der Waals surface area contributed by atoms with Gasteiger partial charge in [0.2, 0.25) is 0 Å². The fraction of sp³-hybridized carbons (Fsp3) is 0.189. The van der Waals surface area contributed by atoms with Gasteiger partial charge in [0.1, 0.15) is 0 Å². The molecule has 4 aliphatic rings. The minimum atomic E-state index is -1.57. The molecule has 2 aliphatic heterocycles. The van der Waals surface area contributed by atoms with Gasteiger partial charge in [-0.05, 0) is 95.8 Å². The van der Waals surface area contributed by atoms with E-state index < -0.39 is 35.9 Å². The van der Waals surface area contributed by atoms with E-state index in [-0.39, 0.29) is 30.2 Å². The Bertz CT molecular complexity index is 2440. The maximum Gasteiger partial charge on any atom is 0.193 e. The predicted molar refractivity (Wildman–Crippen MR) is 247 cm³/mol. The number of benzene rings is 4. The molecular formula is C53H46Cl2N2O5. The van der Waals surface area contributed by atoms with Crippen molar-refractivity contribution in [2.45, 2.75) is 25.7 Å². The van der Waals surface area contributed by atoms with E-state index in [1.54, 1.807) is 84.9 Å². The topological polar surface area (TPSA) is 116 Å². The van der Waals surface area contributed by atoms with Gasteiger partial charge >= 0.3 is 0 Å². The second-order valence-electron chi connectivity index (χ2n) is 16.0. The molecule has 2 aliphatic carbocycles. The molecule has 0 saturated heterocycles. The lowest BCUT2D eigenvalue weighted by molar-refractivity contribution is -0.139. The quantitative estimate of drug-likeness (QED) is 0.0934. The average Bonchev–Trinajstić information content (AvgIpc) is 3.32. The molecule has 0 spiro atoms. The summed E-state index contributed by atoms with van der Waals surface area (Å²) in [6, 6.07) is 32.4. The normalized spacial score (nSPS) is 23.0. The van der Waals surface area contributed by atoms with Crippen molar-refractivity contribution in [3.8, 4) is 0 Å².